The van der Waals surface area contributed by atoms with Crippen LogP contribution in [0.15, 0.2) is 12.1 Å². The minimum atomic E-state index is -4.76. The first-order valence-electron chi connectivity index (χ1n) is 6.21. The molecule has 2 heterocycles. The summed E-state index contributed by atoms with van der Waals surface area (Å²) in [5, 5.41) is 12.3. The highest BCUT2D eigenvalue weighted by Crippen LogP contribution is 2.38. The summed E-state index contributed by atoms with van der Waals surface area (Å²) >= 11 is 0. The molecule has 106 valence electrons. The summed E-state index contributed by atoms with van der Waals surface area (Å²) in [6.07, 6.45) is -3.92. The van der Waals surface area contributed by atoms with Gasteiger partial charge in [0.05, 0.1) is 16.8 Å². The van der Waals surface area contributed by atoms with E-state index >= 15 is 0 Å². The van der Waals surface area contributed by atoms with E-state index in [1.165, 1.54) is 0 Å². The van der Waals surface area contributed by atoms with E-state index in [0.717, 1.165) is 12.5 Å². The minimum Gasteiger partial charge on any atom is -0.365 e. The highest BCUT2D eigenvalue weighted by atomic mass is 19.4. The van der Waals surface area contributed by atoms with Crippen molar-refractivity contribution in [2.24, 2.45) is 0 Å². The fraction of sp³-hybridized carbons (Fsp3) is 0.462. The first kappa shape index (κ1) is 13.2. The van der Waals surface area contributed by atoms with Crippen LogP contribution in [0.4, 0.5) is 23.2 Å². The number of nitriles is 1. The van der Waals surface area contributed by atoms with Gasteiger partial charge in [-0.3, -0.25) is 0 Å². The largest absolute Gasteiger partial charge is 0.419 e. The zero-order valence-corrected chi connectivity index (χ0v) is 10.3. The SMILES string of the molecule is N#Cc1cc(F)c(C(F)(F)F)cc1N1C[C@@H]2C[C@H]1CN2. The summed E-state index contributed by atoms with van der Waals surface area (Å²) in [6, 6.07) is 3.51. The van der Waals surface area contributed by atoms with Gasteiger partial charge in [-0.2, -0.15) is 18.4 Å². The number of fused-ring (bicyclic) bond motifs is 2. The third-order valence-corrected chi connectivity index (χ3v) is 3.88. The summed E-state index contributed by atoms with van der Waals surface area (Å²) in [4.78, 5) is 1.77. The van der Waals surface area contributed by atoms with Crippen molar-refractivity contribution in [1.82, 2.24) is 5.32 Å². The molecule has 0 saturated carbocycles. The maximum absolute atomic E-state index is 13.5. The van der Waals surface area contributed by atoms with Gasteiger partial charge in [0.25, 0.3) is 0 Å². The smallest absolute Gasteiger partial charge is 0.365 e. The molecule has 7 heteroatoms. The Kier molecular flexibility index (Phi) is 2.87. The predicted octanol–water partition coefficient (Wildman–Crippen LogP) is 2.27. The molecule has 0 aliphatic carbocycles. The lowest BCUT2D eigenvalue weighted by atomic mass is 10.1. The van der Waals surface area contributed by atoms with E-state index in [1.54, 1.807) is 11.0 Å². The van der Waals surface area contributed by atoms with E-state index in [1.807, 2.05) is 0 Å². The summed E-state index contributed by atoms with van der Waals surface area (Å²) in [6.45, 7) is 1.22. The molecule has 0 unspecified atom stereocenters. The van der Waals surface area contributed by atoms with Crippen molar-refractivity contribution < 1.29 is 17.6 Å². The van der Waals surface area contributed by atoms with Crippen LogP contribution in [0, 0.1) is 17.1 Å². The maximum Gasteiger partial charge on any atom is 0.419 e. The van der Waals surface area contributed by atoms with Gasteiger partial charge in [0.15, 0.2) is 0 Å². The number of hydrogen-bond donors (Lipinski definition) is 1. The van der Waals surface area contributed by atoms with Crippen molar-refractivity contribution in [2.45, 2.75) is 24.7 Å². The molecule has 2 atom stereocenters. The van der Waals surface area contributed by atoms with E-state index in [9.17, 15) is 17.6 Å². The summed E-state index contributed by atoms with van der Waals surface area (Å²) in [5.74, 6) is -1.40. The monoisotopic (exact) mass is 285 g/mol. The molecule has 1 aromatic carbocycles. The fourth-order valence-electron chi connectivity index (χ4n) is 2.96. The summed E-state index contributed by atoms with van der Waals surface area (Å²) in [5.41, 5.74) is -1.19. The lowest BCUT2D eigenvalue weighted by molar-refractivity contribution is -0.139. The molecule has 20 heavy (non-hydrogen) atoms. The Balaban J connectivity index is 2.08. The standard InChI is InChI=1S/C13H11F4N3/c14-11-1-7(4-18)12(3-10(11)13(15,16)17)20-6-8-2-9(20)5-19-8/h1,3,8-9,19H,2,5-6H2/t8-,9-/m0/s1. The molecule has 3 rings (SSSR count). The highest BCUT2D eigenvalue weighted by molar-refractivity contribution is 5.63. The second kappa shape index (κ2) is 4.35. The molecule has 0 amide bonds. The van der Waals surface area contributed by atoms with Gasteiger partial charge < -0.3 is 10.2 Å². The van der Waals surface area contributed by atoms with E-state index in [0.29, 0.717) is 19.2 Å². The molecule has 2 aliphatic heterocycles. The molecule has 1 aromatic rings. The van der Waals surface area contributed by atoms with Crippen LogP contribution in [-0.2, 0) is 6.18 Å². The molecule has 0 spiro atoms. The molecule has 2 aliphatic rings. The van der Waals surface area contributed by atoms with Gasteiger partial charge in [0.1, 0.15) is 11.9 Å². The number of nitrogens with zero attached hydrogens (tertiary/aromatic N) is 2. The van der Waals surface area contributed by atoms with Crippen molar-refractivity contribution in [3.8, 4) is 6.07 Å². The number of alkyl halides is 3. The molecular weight excluding hydrogens is 274 g/mol. The van der Waals surface area contributed by atoms with Crippen LogP contribution in [0.1, 0.15) is 17.5 Å². The number of anilines is 1. The maximum atomic E-state index is 13.5. The predicted molar refractivity (Wildman–Crippen MR) is 63.7 cm³/mol. The Morgan fingerprint density at radius 3 is 2.60 bits per heavy atom. The van der Waals surface area contributed by atoms with Gasteiger partial charge >= 0.3 is 6.18 Å². The molecule has 3 nitrogen and oxygen atoms in total. The van der Waals surface area contributed by atoms with Crippen molar-refractivity contribution in [3.05, 3.63) is 29.1 Å². The van der Waals surface area contributed by atoms with Gasteiger partial charge in [-0.05, 0) is 18.6 Å². The Bertz CT molecular complexity index is 591. The number of hydrogen-bond acceptors (Lipinski definition) is 3. The topological polar surface area (TPSA) is 39.1 Å². The van der Waals surface area contributed by atoms with E-state index in [-0.39, 0.29) is 23.3 Å². The first-order valence-corrected chi connectivity index (χ1v) is 6.21. The number of halogens is 4. The first-order chi connectivity index (χ1) is 9.40. The number of rotatable bonds is 1. The Hall–Kier alpha value is -1.81. The van der Waals surface area contributed by atoms with Crippen LogP contribution >= 0.6 is 0 Å². The van der Waals surface area contributed by atoms with Crippen molar-refractivity contribution in [2.75, 3.05) is 18.0 Å². The lowest BCUT2D eigenvalue weighted by Gasteiger charge is -2.30. The van der Waals surface area contributed by atoms with E-state index in [2.05, 4.69) is 5.32 Å². The number of piperazine rings is 1. The van der Waals surface area contributed by atoms with Gasteiger partial charge in [0, 0.05) is 25.2 Å². The number of benzene rings is 1. The van der Waals surface area contributed by atoms with Gasteiger partial charge in [0.2, 0.25) is 0 Å². The van der Waals surface area contributed by atoms with E-state index in [4.69, 9.17) is 5.26 Å². The lowest BCUT2D eigenvalue weighted by Crippen LogP contribution is -2.44. The Labute approximate surface area is 112 Å². The third kappa shape index (κ3) is 2.00. The molecule has 2 fully saturated rings. The highest BCUT2D eigenvalue weighted by Gasteiger charge is 2.41. The zero-order valence-electron chi connectivity index (χ0n) is 10.3. The van der Waals surface area contributed by atoms with Crippen LogP contribution in [0.25, 0.3) is 0 Å². The van der Waals surface area contributed by atoms with Crippen LogP contribution in [-0.4, -0.2) is 25.2 Å². The average Bonchev–Trinajstić information content (AvgIpc) is 2.99. The third-order valence-electron chi connectivity index (χ3n) is 3.88. The molecule has 0 radical (unpaired) electrons. The van der Waals surface area contributed by atoms with Crippen LogP contribution in [0.5, 0.6) is 0 Å². The van der Waals surface area contributed by atoms with Crippen molar-refractivity contribution in [3.63, 3.8) is 0 Å². The summed E-state index contributed by atoms with van der Waals surface area (Å²) < 4.78 is 51.8. The Morgan fingerprint density at radius 1 is 1.35 bits per heavy atom. The van der Waals surface area contributed by atoms with Crippen molar-refractivity contribution >= 4 is 5.69 Å². The van der Waals surface area contributed by atoms with Gasteiger partial charge in [-0.1, -0.05) is 0 Å². The van der Waals surface area contributed by atoms with Gasteiger partial charge in [-0.25, -0.2) is 4.39 Å². The van der Waals surface area contributed by atoms with E-state index < -0.39 is 17.6 Å². The second-order valence-corrected chi connectivity index (χ2v) is 5.11. The quantitative estimate of drug-likeness (QED) is 0.805. The fourth-order valence-corrected chi connectivity index (χ4v) is 2.96. The molecule has 2 saturated heterocycles. The van der Waals surface area contributed by atoms with Crippen LogP contribution in [0.3, 0.4) is 0 Å². The average molecular weight is 285 g/mol. The molecule has 1 N–H and O–H groups in total. The normalized spacial score (nSPS) is 25.1. The summed E-state index contributed by atoms with van der Waals surface area (Å²) in [7, 11) is 0. The molecular formula is C13H11F4N3. The number of nitrogens with one attached hydrogen (secondary N) is 1. The zero-order chi connectivity index (χ0) is 14.5. The van der Waals surface area contributed by atoms with Crippen LogP contribution < -0.4 is 10.2 Å². The minimum absolute atomic E-state index is 0.0527. The molecule has 2 bridgehead atoms. The van der Waals surface area contributed by atoms with Gasteiger partial charge in [-0.15, -0.1) is 0 Å². The second-order valence-electron chi connectivity index (χ2n) is 5.11. The van der Waals surface area contributed by atoms with Crippen LogP contribution in [0.2, 0.25) is 0 Å². The Morgan fingerprint density at radius 2 is 2.10 bits per heavy atom. The van der Waals surface area contributed by atoms with Crippen molar-refractivity contribution in [1.29, 1.82) is 5.26 Å². The molecule has 0 aromatic heterocycles.